The Balaban J connectivity index is 2.88. The van der Waals surface area contributed by atoms with E-state index in [-0.39, 0.29) is 6.04 Å². The van der Waals surface area contributed by atoms with Gasteiger partial charge in [0.05, 0.1) is 0 Å². The largest absolute Gasteiger partial charge is 0.315 e. The lowest BCUT2D eigenvalue weighted by molar-refractivity contribution is 0.289. The van der Waals surface area contributed by atoms with E-state index in [9.17, 15) is 8.78 Å². The van der Waals surface area contributed by atoms with Crippen molar-refractivity contribution in [1.29, 1.82) is 0 Å². The molecular formula is C12H18F2N2. The summed E-state index contributed by atoms with van der Waals surface area (Å²) in [6.45, 7) is 3.58. The molecule has 4 heteroatoms. The van der Waals surface area contributed by atoms with Gasteiger partial charge < -0.3 is 10.2 Å². The third-order valence-electron chi connectivity index (χ3n) is 2.54. The quantitative estimate of drug-likeness (QED) is 0.831. The molecule has 1 aromatic carbocycles. The average molecular weight is 228 g/mol. The Kier molecular flexibility index (Phi) is 4.83. The molecule has 0 fully saturated rings. The first-order chi connectivity index (χ1) is 7.56. The minimum atomic E-state index is -0.801. The number of benzene rings is 1. The van der Waals surface area contributed by atoms with Gasteiger partial charge in [0.1, 0.15) is 0 Å². The first-order valence-electron chi connectivity index (χ1n) is 5.38. The number of rotatable bonds is 5. The number of hydrogen-bond donors (Lipinski definition) is 1. The number of halogens is 2. The smallest absolute Gasteiger partial charge is 0.159 e. The van der Waals surface area contributed by atoms with Gasteiger partial charge in [0, 0.05) is 12.6 Å². The van der Waals surface area contributed by atoms with Crippen LogP contribution in [0, 0.1) is 11.6 Å². The van der Waals surface area contributed by atoms with Gasteiger partial charge in [-0.25, -0.2) is 8.78 Å². The predicted molar refractivity (Wildman–Crippen MR) is 61.3 cm³/mol. The van der Waals surface area contributed by atoms with Gasteiger partial charge in [0.2, 0.25) is 0 Å². The third-order valence-corrected chi connectivity index (χ3v) is 2.54. The van der Waals surface area contributed by atoms with E-state index in [0.29, 0.717) is 6.54 Å². The van der Waals surface area contributed by atoms with Gasteiger partial charge in [-0.15, -0.1) is 0 Å². The van der Waals surface area contributed by atoms with Crippen LogP contribution in [-0.4, -0.2) is 32.1 Å². The zero-order valence-corrected chi connectivity index (χ0v) is 9.93. The van der Waals surface area contributed by atoms with Crippen molar-refractivity contribution in [3.63, 3.8) is 0 Å². The highest BCUT2D eigenvalue weighted by Gasteiger charge is 2.15. The molecule has 1 N–H and O–H groups in total. The molecule has 16 heavy (non-hydrogen) atoms. The van der Waals surface area contributed by atoms with Gasteiger partial charge in [0.25, 0.3) is 0 Å². The Labute approximate surface area is 95.3 Å². The van der Waals surface area contributed by atoms with Crippen molar-refractivity contribution >= 4 is 0 Å². The topological polar surface area (TPSA) is 15.3 Å². The summed E-state index contributed by atoms with van der Waals surface area (Å²) in [5, 5.41) is 3.20. The van der Waals surface area contributed by atoms with Crippen molar-refractivity contribution < 1.29 is 8.78 Å². The van der Waals surface area contributed by atoms with Gasteiger partial charge in [-0.1, -0.05) is 13.0 Å². The highest BCUT2D eigenvalue weighted by molar-refractivity contribution is 5.21. The Morgan fingerprint density at radius 1 is 1.25 bits per heavy atom. The molecule has 0 saturated heterocycles. The highest BCUT2D eigenvalue weighted by Crippen LogP contribution is 2.19. The van der Waals surface area contributed by atoms with E-state index in [2.05, 4.69) is 5.32 Å². The van der Waals surface area contributed by atoms with Crippen LogP contribution in [0.5, 0.6) is 0 Å². The first-order valence-corrected chi connectivity index (χ1v) is 5.38. The maximum absolute atomic E-state index is 13.1. The molecule has 0 saturated carbocycles. The summed E-state index contributed by atoms with van der Waals surface area (Å²) in [5.74, 6) is -1.59. The lowest BCUT2D eigenvalue weighted by Crippen LogP contribution is -2.31. The molecule has 2 nitrogen and oxygen atoms in total. The summed E-state index contributed by atoms with van der Waals surface area (Å²) in [4.78, 5) is 1.98. The molecular weight excluding hydrogens is 210 g/mol. The Bertz CT molecular complexity index is 340. The van der Waals surface area contributed by atoms with Crippen molar-refractivity contribution in [2.24, 2.45) is 0 Å². The van der Waals surface area contributed by atoms with Crippen molar-refractivity contribution in [3.05, 3.63) is 35.4 Å². The van der Waals surface area contributed by atoms with Crippen LogP contribution in [0.3, 0.4) is 0 Å². The van der Waals surface area contributed by atoms with Gasteiger partial charge >= 0.3 is 0 Å². The summed E-state index contributed by atoms with van der Waals surface area (Å²) < 4.78 is 25.9. The predicted octanol–water partition coefficient (Wildman–Crippen LogP) is 2.18. The maximum Gasteiger partial charge on any atom is 0.159 e. The van der Waals surface area contributed by atoms with Crippen LogP contribution < -0.4 is 5.32 Å². The zero-order chi connectivity index (χ0) is 12.1. The monoisotopic (exact) mass is 228 g/mol. The van der Waals surface area contributed by atoms with Crippen molar-refractivity contribution in [2.75, 3.05) is 27.2 Å². The van der Waals surface area contributed by atoms with Crippen molar-refractivity contribution in [3.8, 4) is 0 Å². The van der Waals surface area contributed by atoms with E-state index in [4.69, 9.17) is 0 Å². The SMILES string of the molecule is CCNCC(c1ccc(F)c(F)c1)N(C)C. The van der Waals surface area contributed by atoms with Gasteiger partial charge in [-0.3, -0.25) is 0 Å². The Hall–Kier alpha value is -1.00. The lowest BCUT2D eigenvalue weighted by atomic mass is 10.1. The van der Waals surface area contributed by atoms with Gasteiger partial charge in [0.15, 0.2) is 11.6 Å². The van der Waals surface area contributed by atoms with Crippen LogP contribution in [0.4, 0.5) is 8.78 Å². The second-order valence-electron chi connectivity index (χ2n) is 3.96. The number of hydrogen-bond acceptors (Lipinski definition) is 2. The molecule has 0 aliphatic rings. The summed E-state index contributed by atoms with van der Waals surface area (Å²) in [6, 6.07) is 4.11. The Morgan fingerprint density at radius 3 is 2.44 bits per heavy atom. The summed E-state index contributed by atoms with van der Waals surface area (Å²) in [6.07, 6.45) is 0. The van der Waals surface area contributed by atoms with Crippen molar-refractivity contribution in [1.82, 2.24) is 10.2 Å². The van der Waals surface area contributed by atoms with Gasteiger partial charge in [-0.05, 0) is 38.3 Å². The number of likely N-dealkylation sites (N-methyl/N-ethyl adjacent to an activating group) is 2. The van der Waals surface area contributed by atoms with Crippen LogP contribution >= 0.6 is 0 Å². The minimum Gasteiger partial charge on any atom is -0.315 e. The van der Waals surface area contributed by atoms with Crippen LogP contribution in [0.25, 0.3) is 0 Å². The molecule has 0 aliphatic heterocycles. The molecule has 0 aromatic heterocycles. The van der Waals surface area contributed by atoms with E-state index >= 15 is 0 Å². The molecule has 0 aliphatic carbocycles. The van der Waals surface area contributed by atoms with E-state index in [1.807, 2.05) is 25.9 Å². The fraction of sp³-hybridized carbons (Fsp3) is 0.500. The van der Waals surface area contributed by atoms with Gasteiger partial charge in [-0.2, -0.15) is 0 Å². The maximum atomic E-state index is 13.1. The zero-order valence-electron chi connectivity index (χ0n) is 9.93. The first kappa shape index (κ1) is 13.1. The van der Waals surface area contributed by atoms with E-state index < -0.39 is 11.6 Å². The molecule has 90 valence electrons. The van der Waals surface area contributed by atoms with Crippen molar-refractivity contribution in [2.45, 2.75) is 13.0 Å². The highest BCUT2D eigenvalue weighted by atomic mass is 19.2. The van der Waals surface area contributed by atoms with Crippen LogP contribution in [0.1, 0.15) is 18.5 Å². The molecule has 1 aromatic rings. The lowest BCUT2D eigenvalue weighted by Gasteiger charge is -2.25. The van der Waals surface area contributed by atoms with E-state index in [0.717, 1.165) is 12.1 Å². The fourth-order valence-corrected chi connectivity index (χ4v) is 1.60. The van der Waals surface area contributed by atoms with Crippen LogP contribution in [-0.2, 0) is 0 Å². The molecule has 0 radical (unpaired) electrons. The summed E-state index contributed by atoms with van der Waals surface area (Å²) in [5.41, 5.74) is 0.782. The Morgan fingerprint density at radius 2 is 1.94 bits per heavy atom. The molecule has 0 heterocycles. The van der Waals surface area contributed by atoms with Crippen LogP contribution in [0.15, 0.2) is 18.2 Å². The third kappa shape index (κ3) is 3.25. The molecule has 1 rings (SSSR count). The molecule has 0 amide bonds. The summed E-state index contributed by atoms with van der Waals surface area (Å²) >= 11 is 0. The van der Waals surface area contributed by atoms with E-state index in [1.54, 1.807) is 6.07 Å². The molecule has 0 spiro atoms. The summed E-state index contributed by atoms with van der Waals surface area (Å²) in [7, 11) is 3.84. The second kappa shape index (κ2) is 5.92. The number of nitrogens with one attached hydrogen (secondary N) is 1. The standard InChI is InChI=1S/C12H18F2N2/c1-4-15-8-12(16(2)3)9-5-6-10(13)11(14)7-9/h5-7,12,15H,4,8H2,1-3H3. The number of nitrogens with zero attached hydrogens (tertiary/aromatic N) is 1. The second-order valence-corrected chi connectivity index (χ2v) is 3.96. The molecule has 1 atom stereocenters. The minimum absolute atomic E-state index is 0.0510. The normalized spacial score (nSPS) is 13.1. The molecule has 1 unspecified atom stereocenters. The van der Waals surface area contributed by atoms with E-state index in [1.165, 1.54) is 12.1 Å². The fourth-order valence-electron chi connectivity index (χ4n) is 1.60. The molecule has 0 bridgehead atoms. The van der Waals surface area contributed by atoms with Crippen LogP contribution in [0.2, 0.25) is 0 Å². The average Bonchev–Trinajstić information content (AvgIpc) is 2.23.